The van der Waals surface area contributed by atoms with Crippen LogP contribution < -0.4 is 4.74 Å². The summed E-state index contributed by atoms with van der Waals surface area (Å²) in [4.78, 5) is 0. The second-order valence-electron chi connectivity index (χ2n) is 6.62. The fourth-order valence-electron chi connectivity index (χ4n) is 3.46. The molecule has 0 amide bonds. The molecule has 2 rings (SSSR count). The molecule has 1 atom stereocenters. The lowest BCUT2D eigenvalue weighted by Gasteiger charge is -2.33. The Morgan fingerprint density at radius 2 is 1.81 bits per heavy atom. The molecule has 2 nitrogen and oxygen atoms in total. The van der Waals surface area contributed by atoms with Gasteiger partial charge in [0, 0.05) is 6.42 Å². The molecule has 1 fully saturated rings. The molecular weight excluding hydrogens is 267 g/mol. The lowest BCUT2D eigenvalue weighted by molar-refractivity contribution is 0.0668. The maximum Gasteiger partial charge on any atom is 0.168 e. The zero-order chi connectivity index (χ0) is 15.4. The molecule has 1 N–H and O–H groups in total. The molecule has 118 valence electrons. The van der Waals surface area contributed by atoms with Crippen molar-refractivity contribution in [1.82, 2.24) is 0 Å². The van der Waals surface area contributed by atoms with Gasteiger partial charge in [-0.05, 0) is 55.1 Å². The Kier molecular flexibility index (Phi) is 5.63. The first-order chi connectivity index (χ1) is 10.0. The van der Waals surface area contributed by atoms with E-state index in [-0.39, 0.29) is 11.6 Å². The van der Waals surface area contributed by atoms with Gasteiger partial charge in [0.25, 0.3) is 0 Å². The van der Waals surface area contributed by atoms with Crippen molar-refractivity contribution in [2.24, 2.45) is 17.8 Å². The molecule has 1 aromatic rings. The van der Waals surface area contributed by atoms with E-state index in [1.54, 1.807) is 18.2 Å². The van der Waals surface area contributed by atoms with Gasteiger partial charge in [0.2, 0.25) is 0 Å². The molecule has 1 saturated carbocycles. The van der Waals surface area contributed by atoms with Gasteiger partial charge in [-0.1, -0.05) is 26.0 Å². The van der Waals surface area contributed by atoms with Gasteiger partial charge in [0.15, 0.2) is 11.6 Å². The molecule has 0 radical (unpaired) electrons. The van der Waals surface area contributed by atoms with Crippen molar-refractivity contribution in [3.05, 3.63) is 29.6 Å². The lowest BCUT2D eigenvalue weighted by Crippen LogP contribution is -2.29. The number of aliphatic hydroxyl groups is 1. The molecule has 0 bridgehead atoms. The van der Waals surface area contributed by atoms with Crippen LogP contribution in [0.25, 0.3) is 0 Å². The van der Waals surface area contributed by atoms with Crippen molar-refractivity contribution in [3.8, 4) is 5.75 Å². The Hall–Kier alpha value is -1.09. The summed E-state index contributed by atoms with van der Waals surface area (Å²) in [5, 5.41) is 10.4. The van der Waals surface area contributed by atoms with Crippen LogP contribution in [0.2, 0.25) is 0 Å². The van der Waals surface area contributed by atoms with E-state index in [0.29, 0.717) is 17.9 Å². The van der Waals surface area contributed by atoms with Gasteiger partial charge in [-0.25, -0.2) is 4.39 Å². The number of aliphatic hydroxyl groups excluding tert-OH is 1. The highest BCUT2D eigenvalue weighted by Gasteiger charge is 2.28. The lowest BCUT2D eigenvalue weighted by atomic mass is 9.74. The predicted octanol–water partition coefficient (Wildman–Crippen LogP) is 4.20. The molecule has 1 unspecified atom stereocenters. The topological polar surface area (TPSA) is 29.5 Å². The quantitative estimate of drug-likeness (QED) is 0.882. The average Bonchev–Trinajstić information content (AvgIpc) is 2.49. The summed E-state index contributed by atoms with van der Waals surface area (Å²) >= 11 is 0. The fourth-order valence-corrected chi connectivity index (χ4v) is 3.46. The van der Waals surface area contributed by atoms with Crippen molar-refractivity contribution in [3.63, 3.8) is 0 Å². The van der Waals surface area contributed by atoms with E-state index in [0.717, 1.165) is 24.7 Å². The van der Waals surface area contributed by atoms with E-state index >= 15 is 0 Å². The van der Waals surface area contributed by atoms with Crippen molar-refractivity contribution >= 4 is 0 Å². The van der Waals surface area contributed by atoms with Gasteiger partial charge in [-0.15, -0.1) is 0 Å². The van der Waals surface area contributed by atoms with Crippen LogP contribution in [0.15, 0.2) is 18.2 Å². The standard InChI is InChI=1S/C18H27FO2/c1-12(2)13-7-9-14(10-8-13)16(20)11-15-5-4-6-17(21-3)18(15)19/h4-6,12-14,16,20H,7-11H2,1-3H3. The first-order valence-electron chi connectivity index (χ1n) is 8.02. The Morgan fingerprint density at radius 3 is 2.38 bits per heavy atom. The summed E-state index contributed by atoms with van der Waals surface area (Å²) in [5.74, 6) is 1.71. The highest BCUT2D eigenvalue weighted by atomic mass is 19.1. The molecule has 0 spiro atoms. The van der Waals surface area contributed by atoms with Crippen LogP contribution in [0.4, 0.5) is 4.39 Å². The Bertz CT molecular complexity index is 451. The molecule has 3 heteroatoms. The third kappa shape index (κ3) is 3.97. The Labute approximate surface area is 127 Å². The average molecular weight is 294 g/mol. The van der Waals surface area contributed by atoms with Crippen molar-refractivity contribution < 1.29 is 14.2 Å². The zero-order valence-corrected chi connectivity index (χ0v) is 13.3. The maximum absolute atomic E-state index is 14.1. The van der Waals surface area contributed by atoms with Crippen LogP contribution in [-0.2, 0) is 6.42 Å². The second-order valence-corrected chi connectivity index (χ2v) is 6.62. The van der Waals surface area contributed by atoms with Gasteiger partial charge in [-0.3, -0.25) is 0 Å². The highest BCUT2D eigenvalue weighted by molar-refractivity contribution is 5.31. The van der Waals surface area contributed by atoms with Crippen LogP contribution in [-0.4, -0.2) is 18.3 Å². The van der Waals surface area contributed by atoms with Gasteiger partial charge in [-0.2, -0.15) is 0 Å². The van der Waals surface area contributed by atoms with E-state index in [4.69, 9.17) is 4.74 Å². The van der Waals surface area contributed by atoms with Gasteiger partial charge in [0.1, 0.15) is 0 Å². The molecule has 21 heavy (non-hydrogen) atoms. The number of benzene rings is 1. The van der Waals surface area contributed by atoms with Gasteiger partial charge in [0.05, 0.1) is 13.2 Å². The summed E-state index contributed by atoms with van der Waals surface area (Å²) < 4.78 is 19.1. The van der Waals surface area contributed by atoms with Crippen LogP contribution in [0, 0.1) is 23.6 Å². The van der Waals surface area contributed by atoms with Gasteiger partial charge >= 0.3 is 0 Å². The largest absolute Gasteiger partial charge is 0.494 e. The minimum Gasteiger partial charge on any atom is -0.494 e. The Balaban J connectivity index is 1.95. The number of hydrogen-bond acceptors (Lipinski definition) is 2. The second kappa shape index (κ2) is 7.26. The third-order valence-electron chi connectivity index (χ3n) is 5.00. The maximum atomic E-state index is 14.1. The SMILES string of the molecule is COc1cccc(CC(O)C2CCC(C(C)C)CC2)c1F. The summed E-state index contributed by atoms with van der Waals surface area (Å²) in [6, 6.07) is 5.12. The van der Waals surface area contributed by atoms with Crippen molar-refractivity contribution in [1.29, 1.82) is 0 Å². The minimum atomic E-state index is -0.459. The molecule has 1 aliphatic carbocycles. The summed E-state index contributed by atoms with van der Waals surface area (Å²) in [7, 11) is 1.46. The van der Waals surface area contributed by atoms with Crippen molar-refractivity contribution in [2.75, 3.05) is 7.11 Å². The summed E-state index contributed by atoms with van der Waals surface area (Å²) in [6.07, 6.45) is 4.38. The number of rotatable bonds is 5. The molecule has 0 aliphatic heterocycles. The minimum absolute atomic E-state index is 0.253. The number of hydrogen-bond donors (Lipinski definition) is 1. The van der Waals surface area contributed by atoms with Crippen LogP contribution >= 0.6 is 0 Å². The fraction of sp³-hybridized carbons (Fsp3) is 0.667. The monoisotopic (exact) mass is 294 g/mol. The molecular formula is C18H27FO2. The first kappa shape index (κ1) is 16.3. The van der Waals surface area contributed by atoms with Gasteiger partial charge < -0.3 is 9.84 Å². The van der Waals surface area contributed by atoms with Crippen LogP contribution in [0.1, 0.15) is 45.1 Å². The molecule has 0 aromatic heterocycles. The number of methoxy groups -OCH3 is 1. The van der Waals surface area contributed by atoms with E-state index in [9.17, 15) is 9.50 Å². The van der Waals surface area contributed by atoms with Crippen LogP contribution in [0.5, 0.6) is 5.75 Å². The normalized spacial score (nSPS) is 24.1. The predicted molar refractivity (Wildman–Crippen MR) is 82.9 cm³/mol. The highest BCUT2D eigenvalue weighted by Crippen LogP contribution is 2.35. The van der Waals surface area contributed by atoms with E-state index in [2.05, 4.69) is 13.8 Å². The van der Waals surface area contributed by atoms with E-state index in [1.807, 2.05) is 0 Å². The molecule has 0 heterocycles. The first-order valence-corrected chi connectivity index (χ1v) is 8.02. The van der Waals surface area contributed by atoms with E-state index < -0.39 is 6.10 Å². The zero-order valence-electron chi connectivity index (χ0n) is 13.3. The van der Waals surface area contributed by atoms with Crippen molar-refractivity contribution in [2.45, 2.75) is 52.1 Å². The summed E-state index contributed by atoms with van der Waals surface area (Å²) in [5.41, 5.74) is 0.549. The van der Waals surface area contributed by atoms with E-state index in [1.165, 1.54) is 20.0 Å². The third-order valence-corrected chi connectivity index (χ3v) is 5.00. The summed E-state index contributed by atoms with van der Waals surface area (Å²) in [6.45, 7) is 4.54. The van der Waals surface area contributed by atoms with Crippen LogP contribution in [0.3, 0.4) is 0 Å². The smallest absolute Gasteiger partial charge is 0.168 e. The number of halogens is 1. The number of ether oxygens (including phenoxy) is 1. The Morgan fingerprint density at radius 1 is 1.19 bits per heavy atom. The molecule has 0 saturated heterocycles. The molecule has 1 aromatic carbocycles. The molecule has 1 aliphatic rings.